The van der Waals surface area contributed by atoms with Gasteiger partial charge in [-0.1, -0.05) is 35.4 Å². The van der Waals surface area contributed by atoms with Crippen molar-refractivity contribution in [2.45, 2.75) is 23.6 Å². The highest BCUT2D eigenvalue weighted by Crippen LogP contribution is 2.27. The normalized spacial score (nSPS) is 11.6. The first-order valence-corrected chi connectivity index (χ1v) is 15.2. The average molecular weight is 602 g/mol. The minimum absolute atomic E-state index is 0.0509. The number of rotatable bonds is 9. The van der Waals surface area contributed by atoms with Crippen LogP contribution < -0.4 is 14.3 Å². The zero-order chi connectivity index (χ0) is 29.1. The van der Waals surface area contributed by atoms with Crippen LogP contribution in [-0.4, -0.2) is 29.3 Å². The Labute approximate surface area is 237 Å². The number of hydrogen-bond acceptors (Lipinski definition) is 5. The van der Waals surface area contributed by atoms with Gasteiger partial charge in [-0.3, -0.25) is 13.8 Å². The highest BCUT2D eigenvalue weighted by Gasteiger charge is 2.27. The molecule has 0 aliphatic carbocycles. The Balaban J connectivity index is 1.53. The van der Waals surface area contributed by atoms with Crippen molar-refractivity contribution in [1.29, 1.82) is 0 Å². The second kappa shape index (κ2) is 11.7. The van der Waals surface area contributed by atoms with Gasteiger partial charge < -0.3 is 5.32 Å². The van der Waals surface area contributed by atoms with E-state index in [9.17, 15) is 26.0 Å². The van der Waals surface area contributed by atoms with Crippen molar-refractivity contribution in [3.8, 4) is 0 Å². The molecule has 0 saturated carbocycles. The van der Waals surface area contributed by atoms with E-state index >= 15 is 0 Å². The third kappa shape index (κ3) is 6.61. The zero-order valence-corrected chi connectivity index (χ0v) is 23.8. The molecule has 0 unspecified atom stereocenters. The van der Waals surface area contributed by atoms with Crippen LogP contribution in [0.15, 0.2) is 101 Å². The number of nitrogens with one attached hydrogen (secondary N) is 2. The van der Waals surface area contributed by atoms with E-state index < -0.39 is 38.3 Å². The van der Waals surface area contributed by atoms with Gasteiger partial charge in [0.1, 0.15) is 12.4 Å². The van der Waals surface area contributed by atoms with Crippen molar-refractivity contribution >= 4 is 54.6 Å². The Kier molecular flexibility index (Phi) is 8.48. The van der Waals surface area contributed by atoms with Gasteiger partial charge in [0.15, 0.2) is 0 Å². The van der Waals surface area contributed by atoms with Gasteiger partial charge in [0.05, 0.1) is 21.2 Å². The van der Waals surface area contributed by atoms with Gasteiger partial charge in [-0.25, -0.2) is 21.2 Å². The van der Waals surface area contributed by atoms with Crippen LogP contribution in [0.5, 0.6) is 0 Å². The number of aryl methyl sites for hydroxylation is 1. The van der Waals surface area contributed by atoms with Gasteiger partial charge in [0.2, 0.25) is 5.91 Å². The third-order valence-electron chi connectivity index (χ3n) is 5.97. The van der Waals surface area contributed by atoms with Crippen molar-refractivity contribution in [2.24, 2.45) is 0 Å². The summed E-state index contributed by atoms with van der Waals surface area (Å²) in [5.41, 5.74) is 2.30. The molecule has 4 aromatic carbocycles. The van der Waals surface area contributed by atoms with Gasteiger partial charge in [-0.2, -0.15) is 0 Å². The monoisotopic (exact) mass is 601 g/mol. The lowest BCUT2D eigenvalue weighted by Gasteiger charge is -2.24. The van der Waals surface area contributed by atoms with Gasteiger partial charge in [0.25, 0.3) is 20.0 Å². The maximum atomic E-state index is 13.4. The third-order valence-corrected chi connectivity index (χ3v) is 9.55. The highest BCUT2D eigenvalue weighted by molar-refractivity contribution is 7.93. The van der Waals surface area contributed by atoms with Crippen molar-refractivity contribution in [1.82, 2.24) is 0 Å². The van der Waals surface area contributed by atoms with E-state index in [0.717, 1.165) is 34.1 Å². The number of halogens is 2. The summed E-state index contributed by atoms with van der Waals surface area (Å²) in [6.45, 7) is 2.94. The molecular weight excluding hydrogens is 577 g/mol. The summed E-state index contributed by atoms with van der Waals surface area (Å²) in [7, 11) is -8.17. The summed E-state index contributed by atoms with van der Waals surface area (Å²) in [6.07, 6.45) is 0. The minimum atomic E-state index is -4.22. The lowest BCUT2D eigenvalue weighted by atomic mass is 10.2. The Morgan fingerprint density at radius 2 is 1.43 bits per heavy atom. The first-order valence-electron chi connectivity index (χ1n) is 11.9. The van der Waals surface area contributed by atoms with Crippen molar-refractivity contribution in [2.75, 3.05) is 20.9 Å². The molecule has 0 spiro atoms. The minimum Gasteiger partial charge on any atom is -0.325 e. The Morgan fingerprint density at radius 1 is 0.825 bits per heavy atom. The molecule has 0 aliphatic heterocycles. The fourth-order valence-corrected chi connectivity index (χ4v) is 6.45. The fraction of sp³-hybridized carbons (Fsp3) is 0.107. The van der Waals surface area contributed by atoms with Crippen molar-refractivity contribution in [3.05, 3.63) is 113 Å². The van der Waals surface area contributed by atoms with Crippen LogP contribution in [0.1, 0.15) is 11.1 Å². The smallest absolute Gasteiger partial charge is 0.264 e. The molecule has 0 radical (unpaired) electrons. The molecule has 0 saturated heterocycles. The van der Waals surface area contributed by atoms with Crippen LogP contribution in [0.2, 0.25) is 5.02 Å². The van der Waals surface area contributed by atoms with E-state index in [4.69, 9.17) is 11.6 Å². The summed E-state index contributed by atoms with van der Waals surface area (Å²) >= 11 is 6.08. The van der Waals surface area contributed by atoms with E-state index in [1.54, 1.807) is 49.4 Å². The molecule has 0 heterocycles. The van der Waals surface area contributed by atoms with Gasteiger partial charge in [-0.15, -0.1) is 0 Å². The Bertz CT molecular complexity index is 1750. The standard InChI is InChI=1S/C28H25ClFN3O5S2/c1-19-6-12-23(13-7-19)33(40(37,38)25-14-8-21(30)9-15-25)18-28(34)31-22-10-16-24(17-11-22)39(35,36)32-27-5-3-4-26(29)20(27)2/h3-17,32H,18H2,1-2H3,(H,31,34). The second-order valence-corrected chi connectivity index (χ2v) is 12.8. The van der Waals surface area contributed by atoms with Gasteiger partial charge in [-0.05, 0) is 92.2 Å². The maximum Gasteiger partial charge on any atom is 0.264 e. The maximum absolute atomic E-state index is 13.4. The van der Waals surface area contributed by atoms with E-state index in [-0.39, 0.29) is 21.2 Å². The average Bonchev–Trinajstić information content (AvgIpc) is 2.91. The quantitative estimate of drug-likeness (QED) is 0.254. The second-order valence-electron chi connectivity index (χ2n) is 8.89. The van der Waals surface area contributed by atoms with E-state index in [1.165, 1.54) is 24.3 Å². The van der Waals surface area contributed by atoms with Crippen LogP contribution in [0.3, 0.4) is 0 Å². The molecule has 208 valence electrons. The van der Waals surface area contributed by atoms with Crippen LogP contribution in [-0.2, 0) is 24.8 Å². The number of carbonyl (C=O) groups is 1. The molecule has 12 heteroatoms. The summed E-state index contributed by atoms with van der Waals surface area (Å²) in [4.78, 5) is 12.7. The molecule has 0 aromatic heterocycles. The largest absolute Gasteiger partial charge is 0.325 e. The summed E-state index contributed by atoms with van der Waals surface area (Å²) in [5, 5.41) is 3.01. The number of anilines is 3. The summed E-state index contributed by atoms with van der Waals surface area (Å²) in [6, 6.07) is 21.1. The first kappa shape index (κ1) is 29.1. The molecule has 0 fully saturated rings. The molecule has 0 aliphatic rings. The van der Waals surface area contributed by atoms with Gasteiger partial charge in [0, 0.05) is 10.7 Å². The topological polar surface area (TPSA) is 113 Å². The van der Waals surface area contributed by atoms with Crippen LogP contribution in [0.4, 0.5) is 21.5 Å². The van der Waals surface area contributed by atoms with Crippen molar-refractivity contribution in [3.63, 3.8) is 0 Å². The molecule has 40 heavy (non-hydrogen) atoms. The highest BCUT2D eigenvalue weighted by atomic mass is 35.5. The fourth-order valence-electron chi connectivity index (χ4n) is 3.73. The zero-order valence-electron chi connectivity index (χ0n) is 21.4. The number of sulfonamides is 2. The SMILES string of the molecule is Cc1ccc(N(CC(=O)Nc2ccc(S(=O)(=O)Nc3cccc(Cl)c3C)cc2)S(=O)(=O)c2ccc(F)cc2)cc1. The van der Waals surface area contributed by atoms with E-state index in [2.05, 4.69) is 10.0 Å². The molecule has 2 N–H and O–H groups in total. The Hall–Kier alpha value is -3.93. The molecular formula is C28H25ClFN3O5S2. The predicted molar refractivity (Wildman–Crippen MR) is 154 cm³/mol. The van der Waals surface area contributed by atoms with E-state index in [1.807, 2.05) is 6.92 Å². The number of benzene rings is 4. The number of carbonyl (C=O) groups excluding carboxylic acids is 1. The summed E-state index contributed by atoms with van der Waals surface area (Å²) in [5.74, 6) is -1.27. The first-order chi connectivity index (χ1) is 18.9. The molecule has 8 nitrogen and oxygen atoms in total. The van der Waals surface area contributed by atoms with Crippen LogP contribution in [0.25, 0.3) is 0 Å². The lowest BCUT2D eigenvalue weighted by Crippen LogP contribution is -2.38. The van der Waals surface area contributed by atoms with Crippen molar-refractivity contribution < 1.29 is 26.0 Å². The van der Waals surface area contributed by atoms with Crippen LogP contribution in [0, 0.1) is 19.7 Å². The molecule has 1 amide bonds. The number of hydrogen-bond donors (Lipinski definition) is 2. The molecule has 4 rings (SSSR count). The molecule has 0 atom stereocenters. The summed E-state index contributed by atoms with van der Waals surface area (Å²) < 4.78 is 69.4. The molecule has 4 aromatic rings. The predicted octanol–water partition coefficient (Wildman–Crippen LogP) is 5.73. The Morgan fingerprint density at radius 3 is 2.05 bits per heavy atom. The van der Waals surface area contributed by atoms with Crippen LogP contribution >= 0.6 is 11.6 Å². The number of nitrogens with zero attached hydrogens (tertiary/aromatic N) is 1. The molecule has 0 bridgehead atoms. The van der Waals surface area contributed by atoms with E-state index in [0.29, 0.717) is 16.3 Å². The lowest BCUT2D eigenvalue weighted by molar-refractivity contribution is -0.114. The number of amides is 1. The van der Waals surface area contributed by atoms with Gasteiger partial charge >= 0.3 is 0 Å².